The molecule has 0 saturated carbocycles. The van der Waals surface area contributed by atoms with Crippen LogP contribution in [0.2, 0.25) is 0 Å². The third-order valence-corrected chi connectivity index (χ3v) is 2.37. The summed E-state index contributed by atoms with van der Waals surface area (Å²) in [4.78, 5) is 11.7. The van der Waals surface area contributed by atoms with Crippen LogP contribution in [0.4, 0.5) is 0 Å². The number of rotatable bonds is 5. The molecule has 1 unspecified atom stereocenters. The molecule has 0 radical (unpaired) electrons. The molecule has 1 atom stereocenters. The maximum atomic E-state index is 11.7. The Hall–Kier alpha value is -1.36. The third kappa shape index (κ3) is 3.34. The second-order valence-corrected chi connectivity index (χ2v) is 3.89. The van der Waals surface area contributed by atoms with Crippen molar-refractivity contribution in [2.45, 2.75) is 32.8 Å². The molecule has 1 rings (SSSR count). The first-order valence-electron chi connectivity index (χ1n) is 5.53. The Kier molecular flexibility index (Phi) is 4.49. The number of amides is 1. The smallest absolute Gasteiger partial charge is 0.269 e. The van der Waals surface area contributed by atoms with Gasteiger partial charge in [-0.25, -0.2) is 0 Å². The fourth-order valence-electron chi connectivity index (χ4n) is 1.40. The van der Waals surface area contributed by atoms with Gasteiger partial charge in [-0.1, -0.05) is 6.92 Å². The van der Waals surface area contributed by atoms with Gasteiger partial charge in [0, 0.05) is 13.6 Å². The SMILES string of the molecule is CCc1cc(C(=O)NCCC(C)O)n(C)n1. The predicted octanol–water partition coefficient (Wildman–Crippen LogP) is 0.483. The minimum absolute atomic E-state index is 0.143. The summed E-state index contributed by atoms with van der Waals surface area (Å²) in [7, 11) is 1.75. The predicted molar refractivity (Wildman–Crippen MR) is 61.2 cm³/mol. The standard InChI is InChI=1S/C11H19N3O2/c1-4-9-7-10(14(3)13-9)11(16)12-6-5-8(2)15/h7-8,15H,4-6H2,1-3H3,(H,12,16). The fourth-order valence-corrected chi connectivity index (χ4v) is 1.40. The molecule has 0 aliphatic rings. The van der Waals surface area contributed by atoms with Crippen LogP contribution in [0.15, 0.2) is 6.07 Å². The van der Waals surface area contributed by atoms with Gasteiger partial charge in [0.05, 0.1) is 11.8 Å². The van der Waals surface area contributed by atoms with Crippen molar-refractivity contribution in [2.24, 2.45) is 7.05 Å². The van der Waals surface area contributed by atoms with Gasteiger partial charge in [0.1, 0.15) is 5.69 Å². The Morgan fingerprint density at radius 2 is 2.38 bits per heavy atom. The van der Waals surface area contributed by atoms with Crippen molar-refractivity contribution in [1.82, 2.24) is 15.1 Å². The van der Waals surface area contributed by atoms with Crippen LogP contribution in [0.25, 0.3) is 0 Å². The Bertz CT molecular complexity index is 358. The van der Waals surface area contributed by atoms with Crippen LogP contribution in [0.3, 0.4) is 0 Å². The number of nitrogens with one attached hydrogen (secondary N) is 1. The van der Waals surface area contributed by atoms with E-state index in [4.69, 9.17) is 5.11 Å². The summed E-state index contributed by atoms with van der Waals surface area (Å²) in [5.74, 6) is -0.143. The van der Waals surface area contributed by atoms with Crippen molar-refractivity contribution < 1.29 is 9.90 Å². The molecule has 0 spiro atoms. The van der Waals surface area contributed by atoms with Gasteiger partial charge in [-0.2, -0.15) is 5.10 Å². The number of aliphatic hydroxyl groups is 1. The molecule has 0 fully saturated rings. The van der Waals surface area contributed by atoms with Crippen LogP contribution < -0.4 is 5.32 Å². The van der Waals surface area contributed by atoms with Gasteiger partial charge in [0.25, 0.3) is 5.91 Å². The summed E-state index contributed by atoms with van der Waals surface area (Å²) >= 11 is 0. The zero-order valence-electron chi connectivity index (χ0n) is 10.0. The summed E-state index contributed by atoms with van der Waals surface area (Å²) in [5.41, 5.74) is 1.46. The Labute approximate surface area is 95.5 Å². The number of carbonyl (C=O) groups excluding carboxylic acids is 1. The highest BCUT2D eigenvalue weighted by atomic mass is 16.3. The average Bonchev–Trinajstić information content (AvgIpc) is 2.59. The molecule has 90 valence electrons. The molecular formula is C11H19N3O2. The summed E-state index contributed by atoms with van der Waals surface area (Å²) in [6.07, 6.45) is 0.983. The molecule has 0 aliphatic heterocycles. The van der Waals surface area contributed by atoms with E-state index in [1.807, 2.05) is 6.92 Å². The van der Waals surface area contributed by atoms with E-state index >= 15 is 0 Å². The molecule has 0 bridgehead atoms. The number of nitrogens with zero attached hydrogens (tertiary/aromatic N) is 2. The monoisotopic (exact) mass is 225 g/mol. The second-order valence-electron chi connectivity index (χ2n) is 3.89. The van der Waals surface area contributed by atoms with E-state index in [1.54, 1.807) is 24.7 Å². The van der Waals surface area contributed by atoms with Crippen molar-refractivity contribution in [3.63, 3.8) is 0 Å². The summed E-state index contributed by atoms with van der Waals surface area (Å²) in [5, 5.41) is 16.0. The first-order valence-corrected chi connectivity index (χ1v) is 5.53. The molecule has 1 aromatic rings. The minimum atomic E-state index is -0.391. The first-order chi connectivity index (χ1) is 7.54. The zero-order chi connectivity index (χ0) is 12.1. The minimum Gasteiger partial charge on any atom is -0.393 e. The largest absolute Gasteiger partial charge is 0.393 e. The lowest BCUT2D eigenvalue weighted by atomic mass is 10.2. The summed E-state index contributed by atoms with van der Waals surface area (Å²) in [6, 6.07) is 1.79. The quantitative estimate of drug-likeness (QED) is 0.766. The molecule has 5 nitrogen and oxygen atoms in total. The van der Waals surface area contributed by atoms with Crippen LogP contribution in [0.1, 0.15) is 36.5 Å². The van der Waals surface area contributed by atoms with E-state index in [9.17, 15) is 4.79 Å². The molecule has 0 saturated heterocycles. The summed E-state index contributed by atoms with van der Waals surface area (Å²) in [6.45, 7) is 4.17. The maximum Gasteiger partial charge on any atom is 0.269 e. The molecule has 5 heteroatoms. The van der Waals surface area contributed by atoms with Crippen molar-refractivity contribution in [3.05, 3.63) is 17.5 Å². The number of aliphatic hydroxyl groups excluding tert-OH is 1. The van der Waals surface area contributed by atoms with Crippen molar-refractivity contribution >= 4 is 5.91 Å². The molecule has 2 N–H and O–H groups in total. The van der Waals surface area contributed by atoms with Crippen LogP contribution >= 0.6 is 0 Å². The van der Waals surface area contributed by atoms with E-state index in [1.165, 1.54) is 0 Å². The highest BCUT2D eigenvalue weighted by Crippen LogP contribution is 2.03. The lowest BCUT2D eigenvalue weighted by molar-refractivity contribution is 0.0936. The van der Waals surface area contributed by atoms with E-state index in [-0.39, 0.29) is 5.91 Å². The molecule has 1 heterocycles. The number of carbonyl (C=O) groups is 1. The van der Waals surface area contributed by atoms with E-state index in [0.29, 0.717) is 18.7 Å². The van der Waals surface area contributed by atoms with Crippen molar-refractivity contribution in [3.8, 4) is 0 Å². The average molecular weight is 225 g/mol. The normalized spacial score (nSPS) is 12.5. The van der Waals surface area contributed by atoms with Crippen LogP contribution in [-0.4, -0.2) is 33.4 Å². The molecule has 0 aliphatic carbocycles. The lowest BCUT2D eigenvalue weighted by Gasteiger charge is -2.06. The van der Waals surface area contributed by atoms with Gasteiger partial charge in [0.15, 0.2) is 0 Å². The number of aromatic nitrogens is 2. The van der Waals surface area contributed by atoms with Crippen LogP contribution in [0.5, 0.6) is 0 Å². The first kappa shape index (κ1) is 12.7. The second kappa shape index (κ2) is 5.65. The van der Waals surface area contributed by atoms with Gasteiger partial charge in [-0.05, 0) is 25.8 Å². The number of aryl methyl sites for hydroxylation is 2. The molecular weight excluding hydrogens is 206 g/mol. The van der Waals surface area contributed by atoms with Gasteiger partial charge in [-0.3, -0.25) is 9.48 Å². The fraction of sp³-hybridized carbons (Fsp3) is 0.636. The Morgan fingerprint density at radius 1 is 1.69 bits per heavy atom. The van der Waals surface area contributed by atoms with E-state index < -0.39 is 6.10 Å². The van der Waals surface area contributed by atoms with E-state index in [0.717, 1.165) is 12.1 Å². The zero-order valence-corrected chi connectivity index (χ0v) is 10.0. The Morgan fingerprint density at radius 3 is 2.88 bits per heavy atom. The lowest BCUT2D eigenvalue weighted by Crippen LogP contribution is -2.28. The van der Waals surface area contributed by atoms with Gasteiger partial charge in [0.2, 0.25) is 0 Å². The molecule has 0 aromatic carbocycles. The topological polar surface area (TPSA) is 67.2 Å². The highest BCUT2D eigenvalue weighted by Gasteiger charge is 2.11. The highest BCUT2D eigenvalue weighted by molar-refractivity contribution is 5.92. The van der Waals surface area contributed by atoms with Crippen LogP contribution in [-0.2, 0) is 13.5 Å². The molecule has 1 amide bonds. The van der Waals surface area contributed by atoms with E-state index in [2.05, 4.69) is 10.4 Å². The van der Waals surface area contributed by atoms with Crippen molar-refractivity contribution in [1.29, 1.82) is 0 Å². The molecule has 16 heavy (non-hydrogen) atoms. The maximum absolute atomic E-state index is 11.7. The Balaban J connectivity index is 2.55. The number of hydrogen-bond donors (Lipinski definition) is 2. The van der Waals surface area contributed by atoms with Crippen molar-refractivity contribution in [2.75, 3.05) is 6.54 Å². The van der Waals surface area contributed by atoms with Gasteiger partial charge >= 0.3 is 0 Å². The third-order valence-electron chi connectivity index (χ3n) is 2.37. The van der Waals surface area contributed by atoms with Crippen LogP contribution in [0, 0.1) is 0 Å². The summed E-state index contributed by atoms with van der Waals surface area (Å²) < 4.78 is 1.58. The number of hydrogen-bond acceptors (Lipinski definition) is 3. The van der Waals surface area contributed by atoms with Gasteiger partial charge < -0.3 is 10.4 Å². The van der Waals surface area contributed by atoms with Gasteiger partial charge in [-0.15, -0.1) is 0 Å². The molecule has 1 aromatic heterocycles.